The predicted molar refractivity (Wildman–Crippen MR) is 265 cm³/mol. The van der Waals surface area contributed by atoms with Gasteiger partial charge in [0.1, 0.15) is 52.8 Å². The topological polar surface area (TPSA) is 251 Å². The Morgan fingerprint density at radius 3 is 1.46 bits per heavy atom. The van der Waals surface area contributed by atoms with Gasteiger partial charge in [-0.15, -0.1) is 0 Å². The Bertz CT molecular complexity index is 3090. The maximum atomic E-state index is 12.4. The number of nitrogens with zero attached hydrogens (tertiary/aromatic N) is 12. The SMILES string of the molecule is Cc1cccc(C(=O)Nc2cc(N(C)c3cncnc3)cc(Cl)n2)c1.Cc1ccnc(C(=O)Nc2cncc(Oc3cncnc3)c2)c1.Cc1ccnc(C(=O)Nc2cncc(Oc3cncnc3)c2)c1. The second-order valence-corrected chi connectivity index (χ2v) is 15.4. The third-order valence-corrected chi connectivity index (χ3v) is 9.60. The van der Waals surface area contributed by atoms with Crippen molar-refractivity contribution in [1.82, 2.24) is 54.8 Å². The van der Waals surface area contributed by atoms with Gasteiger partial charge in [0.05, 0.1) is 79.0 Å². The molecule has 0 saturated heterocycles. The van der Waals surface area contributed by atoms with Crippen molar-refractivity contribution in [1.29, 1.82) is 0 Å². The molecule has 1 aromatic carbocycles. The summed E-state index contributed by atoms with van der Waals surface area (Å²) >= 11 is 6.12. The zero-order valence-corrected chi connectivity index (χ0v) is 39.1. The van der Waals surface area contributed by atoms with Crippen molar-refractivity contribution in [2.45, 2.75) is 20.8 Å². The first-order chi connectivity index (χ1) is 34.4. The lowest BCUT2D eigenvalue weighted by Crippen LogP contribution is -2.15. The number of aryl methyl sites for hydroxylation is 3. The van der Waals surface area contributed by atoms with E-state index in [0.717, 1.165) is 28.1 Å². The summed E-state index contributed by atoms with van der Waals surface area (Å²) in [5.41, 5.74) is 6.74. The molecule has 8 heterocycles. The number of ether oxygens (including phenoxy) is 2. The maximum Gasteiger partial charge on any atom is 0.274 e. The molecule has 9 aromatic rings. The number of hydrogen-bond acceptors (Lipinski definition) is 17. The highest BCUT2D eigenvalue weighted by Gasteiger charge is 2.13. The molecule has 0 aliphatic rings. The van der Waals surface area contributed by atoms with E-state index in [1.54, 1.807) is 67.3 Å². The molecule has 0 saturated carbocycles. The Labute approximate surface area is 411 Å². The first-order valence-electron chi connectivity index (χ1n) is 21.2. The second kappa shape index (κ2) is 24.4. The van der Waals surface area contributed by atoms with E-state index in [1.807, 2.05) is 63.1 Å². The van der Waals surface area contributed by atoms with Crippen molar-refractivity contribution in [2.24, 2.45) is 0 Å². The van der Waals surface area contributed by atoms with E-state index in [0.29, 0.717) is 57.1 Å². The lowest BCUT2D eigenvalue weighted by atomic mass is 10.1. The largest absolute Gasteiger partial charge is 0.452 e. The number of amides is 3. The van der Waals surface area contributed by atoms with Crippen molar-refractivity contribution < 1.29 is 23.9 Å². The summed E-state index contributed by atoms with van der Waals surface area (Å²) in [5, 5.41) is 8.53. The van der Waals surface area contributed by atoms with Crippen LogP contribution in [0.15, 0.2) is 166 Å². The molecule has 0 fully saturated rings. The second-order valence-electron chi connectivity index (χ2n) is 15.0. The lowest BCUT2D eigenvalue weighted by Gasteiger charge is -2.19. The van der Waals surface area contributed by atoms with Gasteiger partial charge in [-0.05, 0) is 74.4 Å². The summed E-state index contributed by atoms with van der Waals surface area (Å²) in [6.07, 6.45) is 23.1. The number of anilines is 5. The van der Waals surface area contributed by atoms with Gasteiger partial charge in [-0.1, -0.05) is 29.3 Å². The summed E-state index contributed by atoms with van der Waals surface area (Å²) in [4.78, 5) is 82.4. The molecule has 0 spiro atoms. The highest BCUT2D eigenvalue weighted by atomic mass is 35.5. The molecule has 3 amide bonds. The van der Waals surface area contributed by atoms with Gasteiger partial charge >= 0.3 is 0 Å². The molecular formula is C50H42ClN15O5. The molecule has 21 heteroatoms. The first kappa shape index (κ1) is 49.2. The van der Waals surface area contributed by atoms with Crippen LogP contribution < -0.4 is 30.3 Å². The van der Waals surface area contributed by atoms with Crippen LogP contribution in [0, 0.1) is 20.8 Å². The van der Waals surface area contributed by atoms with Crippen LogP contribution in [0.3, 0.4) is 0 Å². The van der Waals surface area contributed by atoms with Gasteiger partial charge in [-0.25, -0.2) is 34.9 Å². The van der Waals surface area contributed by atoms with Crippen LogP contribution in [0.5, 0.6) is 23.0 Å². The fraction of sp³-hybridized carbons (Fsp3) is 0.0800. The zero-order chi connectivity index (χ0) is 50.0. The molecule has 0 aliphatic carbocycles. The molecule has 9 rings (SSSR count). The Balaban J connectivity index is 0.000000157. The Morgan fingerprint density at radius 1 is 0.493 bits per heavy atom. The van der Waals surface area contributed by atoms with Crippen LogP contribution in [-0.4, -0.2) is 79.6 Å². The smallest absolute Gasteiger partial charge is 0.274 e. The van der Waals surface area contributed by atoms with Gasteiger partial charge in [0, 0.05) is 48.9 Å². The highest BCUT2D eigenvalue weighted by molar-refractivity contribution is 6.30. The fourth-order valence-corrected chi connectivity index (χ4v) is 6.28. The first-order valence-corrected chi connectivity index (χ1v) is 21.6. The van der Waals surface area contributed by atoms with Crippen molar-refractivity contribution in [3.63, 3.8) is 0 Å². The molecule has 0 bridgehead atoms. The number of aromatic nitrogens is 11. The summed E-state index contributed by atoms with van der Waals surface area (Å²) < 4.78 is 11.1. The number of carbonyl (C=O) groups excluding carboxylic acids is 3. The minimum absolute atomic E-state index is 0.241. The van der Waals surface area contributed by atoms with Crippen LogP contribution >= 0.6 is 11.6 Å². The van der Waals surface area contributed by atoms with Crippen LogP contribution in [0.2, 0.25) is 5.15 Å². The molecule has 71 heavy (non-hydrogen) atoms. The van der Waals surface area contributed by atoms with Gasteiger partial charge in [-0.3, -0.25) is 34.3 Å². The van der Waals surface area contributed by atoms with E-state index >= 15 is 0 Å². The van der Waals surface area contributed by atoms with E-state index in [2.05, 4.69) is 70.8 Å². The minimum atomic E-state index is -0.310. The molecule has 20 nitrogen and oxygen atoms in total. The van der Waals surface area contributed by atoms with Crippen molar-refractivity contribution >= 4 is 57.9 Å². The predicted octanol–water partition coefficient (Wildman–Crippen LogP) is 9.09. The van der Waals surface area contributed by atoms with Gasteiger partial charge in [-0.2, -0.15) is 0 Å². The van der Waals surface area contributed by atoms with Crippen LogP contribution in [0.1, 0.15) is 48.0 Å². The standard InChI is InChI=1S/C18H16ClN5O.2C16H13N5O2/c1-12-4-3-5-13(6-12)18(25)23-17-8-14(7-16(19)22-17)24(2)15-9-20-11-21-10-15;2*1-11-2-3-20-15(4-11)16(22)21-12-5-13(7-17-6-12)23-14-8-18-10-19-9-14/h3-11H,1-2H3,(H,22,23,25);2*2-10H,1H3,(H,21,22). The van der Waals surface area contributed by atoms with Crippen LogP contribution in [-0.2, 0) is 0 Å². The summed E-state index contributed by atoms with van der Waals surface area (Å²) in [7, 11) is 1.86. The molecule has 0 radical (unpaired) electrons. The lowest BCUT2D eigenvalue weighted by molar-refractivity contribution is 0.101. The number of rotatable bonds is 12. The van der Waals surface area contributed by atoms with Gasteiger partial charge in [0.15, 0.2) is 11.5 Å². The third-order valence-electron chi connectivity index (χ3n) is 9.41. The number of carbonyl (C=O) groups is 3. The number of nitrogens with one attached hydrogen (secondary N) is 3. The number of pyridine rings is 5. The van der Waals surface area contributed by atoms with E-state index in [4.69, 9.17) is 21.1 Å². The molecule has 0 atom stereocenters. The van der Waals surface area contributed by atoms with Gasteiger partial charge in [0.25, 0.3) is 17.7 Å². The monoisotopic (exact) mass is 967 g/mol. The van der Waals surface area contributed by atoms with E-state index in [-0.39, 0.29) is 22.9 Å². The highest BCUT2D eigenvalue weighted by Crippen LogP contribution is 2.28. The summed E-state index contributed by atoms with van der Waals surface area (Å²) in [6.45, 7) is 5.73. The number of hydrogen-bond donors (Lipinski definition) is 3. The van der Waals surface area contributed by atoms with Crippen LogP contribution in [0.4, 0.5) is 28.6 Å². The molecule has 0 unspecified atom stereocenters. The van der Waals surface area contributed by atoms with Gasteiger partial charge < -0.3 is 30.3 Å². The molecule has 354 valence electrons. The maximum absolute atomic E-state index is 12.4. The van der Waals surface area contributed by atoms with E-state index < -0.39 is 0 Å². The van der Waals surface area contributed by atoms with E-state index in [1.165, 1.54) is 68.6 Å². The van der Waals surface area contributed by atoms with Crippen LogP contribution in [0.25, 0.3) is 0 Å². The Hall–Kier alpha value is -9.69. The minimum Gasteiger partial charge on any atom is -0.452 e. The zero-order valence-electron chi connectivity index (χ0n) is 38.4. The molecule has 0 aliphatic heterocycles. The van der Waals surface area contributed by atoms with Crippen molar-refractivity contribution in [3.8, 4) is 23.0 Å². The molecular weight excluding hydrogens is 926 g/mol. The third kappa shape index (κ3) is 15.2. The average Bonchev–Trinajstić information content (AvgIpc) is 3.37. The number of halogens is 1. The van der Waals surface area contributed by atoms with Gasteiger partial charge in [0.2, 0.25) is 0 Å². The average molecular weight is 968 g/mol. The molecule has 8 aromatic heterocycles. The summed E-state index contributed by atoms with van der Waals surface area (Å²) in [6, 6.07) is 21.2. The summed E-state index contributed by atoms with van der Waals surface area (Å²) in [5.74, 6) is 1.42. The normalized spacial score (nSPS) is 10.2. The Kier molecular flexibility index (Phi) is 16.9. The number of benzene rings is 1. The van der Waals surface area contributed by atoms with Crippen molar-refractivity contribution in [2.75, 3.05) is 27.9 Å². The molecule has 3 N–H and O–H groups in total. The van der Waals surface area contributed by atoms with Crippen molar-refractivity contribution in [3.05, 3.63) is 205 Å². The quantitative estimate of drug-likeness (QED) is 0.0965. The van der Waals surface area contributed by atoms with E-state index in [9.17, 15) is 14.4 Å². The fourth-order valence-electron chi connectivity index (χ4n) is 6.07. The Morgan fingerprint density at radius 2 is 0.972 bits per heavy atom.